The van der Waals surface area contributed by atoms with Gasteiger partial charge >= 0.3 is 0 Å². The van der Waals surface area contributed by atoms with Gasteiger partial charge in [0.05, 0.1) is 0 Å². The summed E-state index contributed by atoms with van der Waals surface area (Å²) in [6, 6.07) is 0. The molecule has 0 heterocycles. The average Bonchev–Trinajstić information content (AvgIpc) is 0.918. The van der Waals surface area contributed by atoms with Crippen LogP contribution in [-0.2, 0) is 33.0 Å². The van der Waals surface area contributed by atoms with E-state index in [-0.39, 0.29) is 50.0 Å². The summed E-state index contributed by atoms with van der Waals surface area (Å²) in [5, 5.41) is 0. The molecule has 0 amide bonds. The predicted octanol–water partition coefficient (Wildman–Crippen LogP) is 1.58. The number of allylic oxidation sites excluding steroid dienone is 1. The normalized spacial score (nSPS) is 2.00. The van der Waals surface area contributed by atoms with Crippen molar-refractivity contribution in [2.45, 2.75) is 0 Å². The van der Waals surface area contributed by atoms with Gasteiger partial charge in [0, 0.05) is 33.0 Å². The largest absolute Gasteiger partial charge is 0.245 e. The van der Waals surface area contributed by atoms with Crippen molar-refractivity contribution < 1.29 is 33.0 Å². The molecule has 0 bridgehead atoms. The van der Waals surface area contributed by atoms with Crippen molar-refractivity contribution in [3.63, 3.8) is 0 Å². The van der Waals surface area contributed by atoms with Gasteiger partial charge in [-0.05, 0) is 0 Å². The molecule has 0 aliphatic rings. The van der Waals surface area contributed by atoms with Crippen molar-refractivity contribution in [2.24, 2.45) is 0 Å². The second kappa shape index (κ2) is 36.3. The number of rotatable bonds is 0. The fourth-order valence-corrected chi connectivity index (χ4v) is 0. The third-order valence-electron chi connectivity index (χ3n) is 0. The molecule has 0 unspecified atom stereocenters. The van der Waals surface area contributed by atoms with E-state index in [9.17, 15) is 0 Å². The van der Waals surface area contributed by atoms with Crippen molar-refractivity contribution in [1.29, 1.82) is 0 Å². The van der Waals surface area contributed by atoms with Crippen molar-refractivity contribution in [3.8, 4) is 0 Å². The van der Waals surface area contributed by atoms with Crippen LogP contribution in [0.2, 0.25) is 0 Å². The summed E-state index contributed by atoms with van der Waals surface area (Å²) in [4.78, 5) is 0. The van der Waals surface area contributed by atoms with Gasteiger partial charge in [0.1, 0.15) is 0 Å². The van der Waals surface area contributed by atoms with E-state index in [0.29, 0.717) is 0 Å². The summed E-state index contributed by atoms with van der Waals surface area (Å²) in [5.74, 6) is 0. The Bertz CT molecular complexity index is 16.3. The maximum Gasteiger partial charge on any atom is 0 e. The van der Waals surface area contributed by atoms with Gasteiger partial charge in [0.2, 0.25) is 0 Å². The van der Waals surface area contributed by atoms with Gasteiger partial charge < -0.3 is 0 Å². The molecule has 0 spiro atoms. The minimum absolute atomic E-state index is 0. The fraction of sp³-hybridized carbons (Fsp3) is 0. The Morgan fingerprint density at radius 2 is 1.33 bits per heavy atom. The Morgan fingerprint density at radius 1 is 1.33 bits per heavy atom. The van der Waals surface area contributed by atoms with E-state index in [1.165, 1.54) is 6.08 Å². The van der Waals surface area contributed by atoms with E-state index < -0.39 is 0 Å². The van der Waals surface area contributed by atoms with Crippen molar-refractivity contribution >= 4 is 17.0 Å². The molecule has 0 fully saturated rings. The van der Waals surface area contributed by atoms with Crippen molar-refractivity contribution in [3.05, 3.63) is 19.6 Å². The van der Waals surface area contributed by atoms with E-state index in [0.717, 1.165) is 0 Å². The summed E-state index contributed by atoms with van der Waals surface area (Å²) in [7, 11) is 0. The van der Waals surface area contributed by atoms with Crippen molar-refractivity contribution in [2.75, 3.05) is 0 Å². The summed E-state index contributed by atoms with van der Waals surface area (Å²) in [5.41, 5.74) is 0. The van der Waals surface area contributed by atoms with E-state index in [2.05, 4.69) is 13.5 Å². The Labute approximate surface area is 69.4 Å². The number of hydrogen-bond donors (Lipinski definition) is 0. The van der Waals surface area contributed by atoms with Gasteiger partial charge in [-0.15, -0.1) is 17.0 Å². The fourth-order valence-electron chi connectivity index (χ4n) is 0. The number of halogens is 1. The van der Waals surface area contributed by atoms with Crippen LogP contribution in [-0.4, -0.2) is 0 Å². The van der Waals surface area contributed by atoms with Gasteiger partial charge in [-0.25, -0.2) is 19.6 Å². The van der Waals surface area contributed by atoms with Gasteiger partial charge in [0.25, 0.3) is 0 Å². The first kappa shape index (κ1) is 27.6. The summed E-state index contributed by atoms with van der Waals surface area (Å²) >= 11 is 0. The van der Waals surface area contributed by atoms with Crippen LogP contribution < -0.4 is 0 Å². The van der Waals surface area contributed by atoms with Crippen LogP contribution in [0, 0.1) is 6.92 Å². The zero-order valence-corrected chi connectivity index (χ0v) is 6.72. The van der Waals surface area contributed by atoms with Crippen LogP contribution in [0.5, 0.6) is 0 Å². The van der Waals surface area contributed by atoms with E-state index in [1.54, 1.807) is 0 Å². The third-order valence-corrected chi connectivity index (χ3v) is 0. The van der Waals surface area contributed by atoms with Crippen LogP contribution in [0.25, 0.3) is 0 Å². The van der Waals surface area contributed by atoms with Crippen LogP contribution in [0.15, 0.2) is 12.7 Å². The second-order valence-corrected chi connectivity index (χ2v) is 0.289. The minimum atomic E-state index is 0. The third kappa shape index (κ3) is 72.8. The molecule has 0 rings (SSSR count). The topological polar surface area (TPSA) is 0 Å². The molecule has 0 saturated carbocycles. The molecule has 0 aromatic heterocycles. The standard InChI is InChI=1S/C3H5.BrH.2Ni/c1-3-2;;;/h3H,1-2H2;1H;;/q-1;;;. The maximum absolute atomic E-state index is 3.25. The molecule has 0 saturated heterocycles. The Hall–Kier alpha value is 1.08. The molecular weight excluding hydrogens is 233 g/mol. The van der Waals surface area contributed by atoms with Gasteiger partial charge in [-0.2, -0.15) is 0 Å². The van der Waals surface area contributed by atoms with Gasteiger partial charge in [-0.3, -0.25) is 0 Å². The Morgan fingerprint density at radius 3 is 1.33 bits per heavy atom. The molecule has 0 aliphatic carbocycles. The SMILES string of the molecule is Br.C=C[CH2-].[Ni].[Ni]. The Balaban J connectivity index is -0.00000000667. The summed E-state index contributed by atoms with van der Waals surface area (Å²) in [6.45, 7) is 6.50. The van der Waals surface area contributed by atoms with Gasteiger partial charge in [0.15, 0.2) is 0 Å². The van der Waals surface area contributed by atoms with Crippen LogP contribution in [0.1, 0.15) is 0 Å². The molecule has 6 heavy (non-hydrogen) atoms. The molecule has 3 heteroatoms. The monoisotopic (exact) mass is 237 g/mol. The smallest absolute Gasteiger partial charge is 0 e. The molecular formula is C3H6BrNi2-. The molecule has 0 aromatic rings. The van der Waals surface area contributed by atoms with Crippen LogP contribution in [0.3, 0.4) is 0 Å². The number of hydrogen-bond acceptors (Lipinski definition) is 0. The minimum Gasteiger partial charge on any atom is -0.245 e. The molecule has 0 aromatic carbocycles. The maximum atomic E-state index is 3.25. The van der Waals surface area contributed by atoms with Crippen LogP contribution in [0.4, 0.5) is 0 Å². The average molecular weight is 239 g/mol. The summed E-state index contributed by atoms with van der Waals surface area (Å²) < 4.78 is 0. The zero-order chi connectivity index (χ0) is 2.71. The predicted molar refractivity (Wildman–Crippen MR) is 25.9 cm³/mol. The molecule has 0 atom stereocenters. The molecule has 0 N–H and O–H groups in total. The first-order chi connectivity index (χ1) is 1.41. The molecule has 0 radical (unpaired) electrons. The van der Waals surface area contributed by atoms with Gasteiger partial charge in [-0.1, -0.05) is 0 Å². The van der Waals surface area contributed by atoms with E-state index >= 15 is 0 Å². The van der Waals surface area contributed by atoms with E-state index in [4.69, 9.17) is 0 Å². The Kier molecular flexibility index (Phi) is 167. The molecule has 0 aliphatic heterocycles. The van der Waals surface area contributed by atoms with Crippen LogP contribution >= 0.6 is 17.0 Å². The molecule has 46 valence electrons. The molecule has 0 nitrogen and oxygen atoms in total. The zero-order valence-electron chi connectivity index (χ0n) is 3.03. The first-order valence-electron chi connectivity index (χ1n) is 0.816. The van der Waals surface area contributed by atoms with E-state index in [1.807, 2.05) is 0 Å². The first-order valence-corrected chi connectivity index (χ1v) is 0.816. The second-order valence-electron chi connectivity index (χ2n) is 0.289. The van der Waals surface area contributed by atoms with Crippen molar-refractivity contribution in [1.82, 2.24) is 0 Å². The quantitative estimate of drug-likeness (QED) is 0.445. The summed E-state index contributed by atoms with van der Waals surface area (Å²) in [6.07, 6.45) is 1.50.